The zero-order chi connectivity index (χ0) is 20.4. The lowest BCUT2D eigenvalue weighted by atomic mass is 10.1. The summed E-state index contributed by atoms with van der Waals surface area (Å²) in [7, 11) is 0. The van der Waals surface area contributed by atoms with E-state index in [9.17, 15) is 0 Å². The molecule has 3 heteroatoms. The Labute approximate surface area is 178 Å². The number of hydrogen-bond acceptors (Lipinski definition) is 2. The molecule has 0 fully saturated rings. The van der Waals surface area contributed by atoms with Crippen LogP contribution in [-0.4, -0.2) is 14.4 Å². The highest BCUT2D eigenvalue weighted by Crippen LogP contribution is 2.40. The molecule has 0 aliphatic carbocycles. The minimum absolute atomic E-state index is 0.996. The molecule has 7 rings (SSSR count). The van der Waals surface area contributed by atoms with E-state index < -0.39 is 0 Å². The van der Waals surface area contributed by atoms with E-state index in [4.69, 9.17) is 9.97 Å². The van der Waals surface area contributed by atoms with Crippen molar-refractivity contribution in [3.05, 3.63) is 103 Å². The Morgan fingerprint density at radius 2 is 0.968 bits per heavy atom. The Morgan fingerprint density at radius 3 is 1.45 bits per heavy atom. The summed E-state index contributed by atoms with van der Waals surface area (Å²) in [6.07, 6.45) is 4.00. The van der Waals surface area contributed by atoms with Gasteiger partial charge in [0.1, 0.15) is 0 Å². The van der Waals surface area contributed by atoms with Crippen LogP contribution in [-0.2, 0) is 0 Å². The lowest BCUT2D eigenvalue weighted by Crippen LogP contribution is -1.87. The molecule has 0 bridgehead atoms. The molecule has 0 spiro atoms. The molecule has 144 valence electrons. The maximum Gasteiger partial charge on any atom is 0.0726 e. The van der Waals surface area contributed by atoms with E-state index >= 15 is 0 Å². The minimum Gasteiger partial charge on any atom is -0.305 e. The van der Waals surface area contributed by atoms with Crippen molar-refractivity contribution >= 4 is 38.1 Å². The first-order valence-electron chi connectivity index (χ1n) is 10.4. The van der Waals surface area contributed by atoms with Crippen molar-refractivity contribution in [2.24, 2.45) is 0 Å². The molecule has 0 aliphatic rings. The Morgan fingerprint density at radius 1 is 0.484 bits per heavy atom. The van der Waals surface area contributed by atoms with Gasteiger partial charge in [0.2, 0.25) is 0 Å². The van der Waals surface area contributed by atoms with E-state index in [-0.39, 0.29) is 0 Å². The van der Waals surface area contributed by atoms with Crippen LogP contribution in [0.2, 0.25) is 0 Å². The quantitative estimate of drug-likeness (QED) is 0.317. The molecule has 7 aromatic rings. The van der Waals surface area contributed by atoms with Crippen molar-refractivity contribution in [1.29, 1.82) is 0 Å². The van der Waals surface area contributed by atoms with Gasteiger partial charge in [0.15, 0.2) is 0 Å². The number of hydrogen-bond donors (Lipinski definition) is 0. The molecule has 4 aromatic heterocycles. The molecule has 4 heterocycles. The highest BCUT2D eigenvalue weighted by molar-refractivity contribution is 6.23. The molecule has 3 nitrogen and oxygen atoms in total. The minimum atomic E-state index is 0.996. The SMILES string of the molecule is c1ccc(-c2cc3c4cccc5c6cc(-c7ccccc7)ncc6n(c3cn2)c45)cc1. The van der Waals surface area contributed by atoms with E-state index in [2.05, 4.69) is 83.3 Å². The predicted octanol–water partition coefficient (Wildman–Crippen LogP) is 6.96. The van der Waals surface area contributed by atoms with E-state index in [1.165, 1.54) is 27.1 Å². The average molecular weight is 395 g/mol. The van der Waals surface area contributed by atoms with Gasteiger partial charge in [0.05, 0.1) is 40.3 Å². The fraction of sp³-hybridized carbons (Fsp3) is 0. The van der Waals surface area contributed by atoms with Gasteiger partial charge >= 0.3 is 0 Å². The fourth-order valence-electron chi connectivity index (χ4n) is 4.81. The van der Waals surface area contributed by atoms with Gasteiger partial charge < -0.3 is 4.40 Å². The van der Waals surface area contributed by atoms with Crippen LogP contribution in [0, 0.1) is 0 Å². The van der Waals surface area contributed by atoms with Crippen molar-refractivity contribution in [1.82, 2.24) is 14.4 Å². The Kier molecular flexibility index (Phi) is 3.27. The van der Waals surface area contributed by atoms with Crippen molar-refractivity contribution in [3.63, 3.8) is 0 Å². The summed E-state index contributed by atoms with van der Waals surface area (Å²) in [5.74, 6) is 0. The second-order valence-corrected chi connectivity index (χ2v) is 7.94. The summed E-state index contributed by atoms with van der Waals surface area (Å²) in [4.78, 5) is 9.60. The van der Waals surface area contributed by atoms with Crippen LogP contribution in [0.5, 0.6) is 0 Å². The summed E-state index contributed by atoms with van der Waals surface area (Å²) in [6.45, 7) is 0. The number of para-hydroxylation sites is 1. The monoisotopic (exact) mass is 395 g/mol. The van der Waals surface area contributed by atoms with E-state index in [0.29, 0.717) is 0 Å². The van der Waals surface area contributed by atoms with E-state index in [0.717, 1.165) is 33.5 Å². The first-order chi connectivity index (χ1) is 15.4. The number of nitrogens with zero attached hydrogens (tertiary/aromatic N) is 3. The van der Waals surface area contributed by atoms with E-state index in [1.807, 2.05) is 24.5 Å². The molecule has 0 atom stereocenters. The summed E-state index contributed by atoms with van der Waals surface area (Å²) in [6, 6.07) is 31.7. The van der Waals surface area contributed by atoms with Crippen LogP contribution in [0.25, 0.3) is 60.6 Å². The molecule has 31 heavy (non-hydrogen) atoms. The molecule has 0 saturated heterocycles. The number of aromatic nitrogens is 3. The molecular formula is C28H17N3. The number of pyridine rings is 2. The van der Waals surface area contributed by atoms with Gasteiger partial charge in [-0.15, -0.1) is 0 Å². The van der Waals surface area contributed by atoms with Crippen LogP contribution in [0.15, 0.2) is 103 Å². The molecule has 3 aromatic carbocycles. The van der Waals surface area contributed by atoms with Crippen molar-refractivity contribution in [2.75, 3.05) is 0 Å². The second-order valence-electron chi connectivity index (χ2n) is 7.94. The zero-order valence-corrected chi connectivity index (χ0v) is 16.7. The Hall–Kier alpha value is -4.24. The fourth-order valence-corrected chi connectivity index (χ4v) is 4.81. The number of benzene rings is 3. The molecule has 0 N–H and O–H groups in total. The van der Waals surface area contributed by atoms with Crippen LogP contribution < -0.4 is 0 Å². The lowest BCUT2D eigenvalue weighted by Gasteiger charge is -2.04. The highest BCUT2D eigenvalue weighted by Gasteiger charge is 2.18. The standard InChI is InChI=1S/C28H17N3/c1-3-8-18(9-4-1)24-14-22-20-12-7-13-21-23-15-25(19-10-5-2-6-11-19)30-17-27(23)31(28(20)21)26(22)16-29-24/h1-17H. The maximum atomic E-state index is 4.80. The van der Waals surface area contributed by atoms with Crippen LogP contribution in [0.3, 0.4) is 0 Å². The smallest absolute Gasteiger partial charge is 0.0726 e. The number of fused-ring (bicyclic) bond motifs is 6. The van der Waals surface area contributed by atoms with E-state index in [1.54, 1.807) is 0 Å². The second kappa shape index (κ2) is 6.13. The van der Waals surface area contributed by atoms with Gasteiger partial charge in [-0.25, -0.2) is 0 Å². The molecule has 0 aliphatic heterocycles. The summed E-state index contributed by atoms with van der Waals surface area (Å²) in [5.41, 5.74) is 7.74. The van der Waals surface area contributed by atoms with Crippen LogP contribution in [0.4, 0.5) is 0 Å². The van der Waals surface area contributed by atoms with Gasteiger partial charge in [-0.1, -0.05) is 78.9 Å². The third-order valence-corrected chi connectivity index (χ3v) is 6.23. The van der Waals surface area contributed by atoms with Gasteiger partial charge in [0.25, 0.3) is 0 Å². The molecular weight excluding hydrogens is 378 g/mol. The van der Waals surface area contributed by atoms with Gasteiger partial charge in [-0.3, -0.25) is 9.97 Å². The topological polar surface area (TPSA) is 30.2 Å². The third-order valence-electron chi connectivity index (χ3n) is 6.23. The first-order valence-corrected chi connectivity index (χ1v) is 10.4. The first kappa shape index (κ1) is 16.5. The largest absolute Gasteiger partial charge is 0.305 e. The predicted molar refractivity (Wildman–Crippen MR) is 128 cm³/mol. The molecule has 0 saturated carbocycles. The van der Waals surface area contributed by atoms with Crippen molar-refractivity contribution in [2.45, 2.75) is 0 Å². The summed E-state index contributed by atoms with van der Waals surface area (Å²) in [5, 5.41) is 4.96. The van der Waals surface area contributed by atoms with Crippen molar-refractivity contribution < 1.29 is 0 Å². The zero-order valence-electron chi connectivity index (χ0n) is 16.7. The van der Waals surface area contributed by atoms with Gasteiger partial charge in [-0.2, -0.15) is 0 Å². The highest BCUT2D eigenvalue weighted by atomic mass is 14.9. The van der Waals surface area contributed by atoms with Crippen LogP contribution >= 0.6 is 0 Å². The average Bonchev–Trinajstić information content (AvgIpc) is 3.36. The van der Waals surface area contributed by atoms with Gasteiger partial charge in [-0.05, 0) is 12.1 Å². The number of rotatable bonds is 2. The normalized spacial score (nSPS) is 11.9. The van der Waals surface area contributed by atoms with Gasteiger partial charge in [0, 0.05) is 32.7 Å². The summed E-state index contributed by atoms with van der Waals surface area (Å²) >= 11 is 0. The Bertz CT molecular complexity index is 1590. The lowest BCUT2D eigenvalue weighted by molar-refractivity contribution is 1.27. The molecule has 0 amide bonds. The van der Waals surface area contributed by atoms with Crippen molar-refractivity contribution in [3.8, 4) is 22.5 Å². The third kappa shape index (κ3) is 2.29. The molecule has 0 unspecified atom stereocenters. The maximum absolute atomic E-state index is 4.80. The molecule has 0 radical (unpaired) electrons. The van der Waals surface area contributed by atoms with Crippen LogP contribution in [0.1, 0.15) is 0 Å². The Balaban J connectivity index is 1.56. The summed E-state index contributed by atoms with van der Waals surface area (Å²) < 4.78 is 2.32.